The normalized spacial score (nSPS) is 12.8. The second-order valence-corrected chi connectivity index (χ2v) is 6.26. The fraction of sp³-hybridized carbons (Fsp3) is 0.500. The van der Waals surface area contributed by atoms with Gasteiger partial charge in [0.25, 0.3) is 0 Å². The third-order valence-corrected chi connectivity index (χ3v) is 3.84. The summed E-state index contributed by atoms with van der Waals surface area (Å²) in [5.74, 6) is 0.833. The van der Waals surface area contributed by atoms with Crippen LogP contribution in [0, 0.1) is 5.92 Å². The van der Waals surface area contributed by atoms with Crippen LogP contribution in [0.5, 0.6) is 0 Å². The molecule has 0 bridgehead atoms. The monoisotopic (exact) mass is 286 g/mol. The summed E-state index contributed by atoms with van der Waals surface area (Å²) in [7, 11) is 0. The highest BCUT2D eigenvalue weighted by atomic mass is 16.1. The third kappa shape index (κ3) is 4.62. The standard InChI is InChI=1S/C18H26N2O/c1-14(2)8-9-15(3)19-18(21)11-13-20-12-10-16-6-4-5-7-17(16)20/h4-7,10,12,14-15H,8-9,11,13H2,1-3H3,(H,19,21). The molecule has 1 amide bonds. The maximum absolute atomic E-state index is 12.0. The highest BCUT2D eigenvalue weighted by Crippen LogP contribution is 2.15. The molecule has 21 heavy (non-hydrogen) atoms. The van der Waals surface area contributed by atoms with E-state index in [9.17, 15) is 4.79 Å². The van der Waals surface area contributed by atoms with E-state index in [-0.39, 0.29) is 11.9 Å². The van der Waals surface area contributed by atoms with Crippen LogP contribution in [-0.4, -0.2) is 16.5 Å². The zero-order valence-electron chi connectivity index (χ0n) is 13.3. The van der Waals surface area contributed by atoms with Gasteiger partial charge in [-0.3, -0.25) is 4.79 Å². The lowest BCUT2D eigenvalue weighted by Crippen LogP contribution is -2.33. The van der Waals surface area contributed by atoms with Crippen LogP contribution in [-0.2, 0) is 11.3 Å². The number of carbonyl (C=O) groups is 1. The van der Waals surface area contributed by atoms with Gasteiger partial charge in [-0.25, -0.2) is 0 Å². The van der Waals surface area contributed by atoms with Crippen LogP contribution in [0.3, 0.4) is 0 Å². The Morgan fingerprint density at radius 1 is 1.14 bits per heavy atom. The van der Waals surface area contributed by atoms with Crippen molar-refractivity contribution in [2.45, 2.75) is 52.6 Å². The summed E-state index contributed by atoms with van der Waals surface area (Å²) >= 11 is 0. The first-order valence-electron chi connectivity index (χ1n) is 7.89. The molecule has 2 aromatic rings. The molecule has 0 spiro atoms. The molecule has 0 aliphatic rings. The van der Waals surface area contributed by atoms with E-state index in [0.717, 1.165) is 19.4 Å². The van der Waals surface area contributed by atoms with Crippen molar-refractivity contribution >= 4 is 16.8 Å². The number of rotatable bonds is 7. The molecule has 1 aromatic carbocycles. The van der Waals surface area contributed by atoms with Gasteiger partial charge in [-0.2, -0.15) is 0 Å². The molecule has 114 valence electrons. The summed E-state index contributed by atoms with van der Waals surface area (Å²) in [6.45, 7) is 7.25. The minimum atomic E-state index is 0.143. The van der Waals surface area contributed by atoms with Gasteiger partial charge in [-0.1, -0.05) is 32.0 Å². The number of amides is 1. The number of benzene rings is 1. The van der Waals surface area contributed by atoms with Crippen LogP contribution in [0.1, 0.15) is 40.0 Å². The Morgan fingerprint density at radius 2 is 1.90 bits per heavy atom. The molecule has 0 saturated carbocycles. The van der Waals surface area contributed by atoms with E-state index in [2.05, 4.69) is 55.1 Å². The van der Waals surface area contributed by atoms with E-state index < -0.39 is 0 Å². The van der Waals surface area contributed by atoms with Gasteiger partial charge in [0.05, 0.1) is 0 Å². The smallest absolute Gasteiger partial charge is 0.221 e. The maximum Gasteiger partial charge on any atom is 0.221 e. The fourth-order valence-electron chi connectivity index (χ4n) is 2.56. The Balaban J connectivity index is 1.81. The van der Waals surface area contributed by atoms with Crippen molar-refractivity contribution in [2.75, 3.05) is 0 Å². The van der Waals surface area contributed by atoms with Crippen molar-refractivity contribution in [1.29, 1.82) is 0 Å². The van der Waals surface area contributed by atoms with Gasteiger partial charge in [-0.05, 0) is 43.2 Å². The van der Waals surface area contributed by atoms with Gasteiger partial charge in [0.15, 0.2) is 0 Å². The van der Waals surface area contributed by atoms with Crippen molar-refractivity contribution in [3.8, 4) is 0 Å². The predicted octanol–water partition coefficient (Wildman–Crippen LogP) is 3.97. The van der Waals surface area contributed by atoms with Crippen LogP contribution in [0.2, 0.25) is 0 Å². The van der Waals surface area contributed by atoms with Crippen molar-refractivity contribution < 1.29 is 4.79 Å². The molecule has 0 radical (unpaired) electrons. The van der Waals surface area contributed by atoms with Gasteiger partial charge in [0.2, 0.25) is 5.91 Å². The average Bonchev–Trinajstić information content (AvgIpc) is 2.86. The Bertz CT molecular complexity index is 586. The molecule has 2 rings (SSSR count). The van der Waals surface area contributed by atoms with Crippen LogP contribution in [0.25, 0.3) is 10.9 Å². The highest BCUT2D eigenvalue weighted by molar-refractivity contribution is 5.80. The van der Waals surface area contributed by atoms with E-state index in [1.807, 2.05) is 12.1 Å². The molecule has 0 aliphatic heterocycles. The van der Waals surface area contributed by atoms with Crippen molar-refractivity contribution in [1.82, 2.24) is 9.88 Å². The van der Waals surface area contributed by atoms with Gasteiger partial charge in [0.1, 0.15) is 0 Å². The quantitative estimate of drug-likeness (QED) is 0.821. The number of aromatic nitrogens is 1. The number of hydrogen-bond donors (Lipinski definition) is 1. The summed E-state index contributed by atoms with van der Waals surface area (Å²) in [4.78, 5) is 12.0. The Kier molecular flexibility index (Phi) is 5.43. The van der Waals surface area contributed by atoms with Gasteiger partial charge >= 0.3 is 0 Å². The molecule has 1 N–H and O–H groups in total. The molecular weight excluding hydrogens is 260 g/mol. The van der Waals surface area contributed by atoms with Crippen molar-refractivity contribution in [3.63, 3.8) is 0 Å². The lowest BCUT2D eigenvalue weighted by molar-refractivity contribution is -0.121. The molecule has 1 heterocycles. The maximum atomic E-state index is 12.0. The molecule has 1 unspecified atom stereocenters. The lowest BCUT2D eigenvalue weighted by atomic mass is 10.0. The van der Waals surface area contributed by atoms with Crippen LogP contribution in [0.15, 0.2) is 36.5 Å². The molecule has 1 atom stereocenters. The summed E-state index contributed by atoms with van der Waals surface area (Å²) in [5.41, 5.74) is 1.19. The predicted molar refractivity (Wildman–Crippen MR) is 88.2 cm³/mol. The largest absolute Gasteiger partial charge is 0.354 e. The van der Waals surface area contributed by atoms with E-state index in [1.165, 1.54) is 10.9 Å². The van der Waals surface area contributed by atoms with Crippen LogP contribution in [0.4, 0.5) is 0 Å². The van der Waals surface area contributed by atoms with E-state index >= 15 is 0 Å². The summed E-state index contributed by atoms with van der Waals surface area (Å²) in [6, 6.07) is 10.6. The minimum absolute atomic E-state index is 0.143. The number of hydrogen-bond acceptors (Lipinski definition) is 1. The first-order valence-corrected chi connectivity index (χ1v) is 7.89. The first-order chi connectivity index (χ1) is 10.1. The molecule has 1 aromatic heterocycles. The van der Waals surface area contributed by atoms with Crippen LogP contribution < -0.4 is 5.32 Å². The van der Waals surface area contributed by atoms with Crippen molar-refractivity contribution in [2.24, 2.45) is 5.92 Å². The van der Waals surface area contributed by atoms with E-state index in [4.69, 9.17) is 0 Å². The Hall–Kier alpha value is -1.77. The van der Waals surface area contributed by atoms with Crippen molar-refractivity contribution in [3.05, 3.63) is 36.5 Å². The number of para-hydroxylation sites is 1. The zero-order valence-corrected chi connectivity index (χ0v) is 13.3. The molecule has 0 aliphatic carbocycles. The topological polar surface area (TPSA) is 34.0 Å². The molecule has 0 saturated heterocycles. The van der Waals surface area contributed by atoms with Gasteiger partial charge < -0.3 is 9.88 Å². The van der Waals surface area contributed by atoms with Crippen LogP contribution >= 0.6 is 0 Å². The Labute approximate surface area is 127 Å². The number of aryl methyl sites for hydroxylation is 1. The SMILES string of the molecule is CC(C)CCC(C)NC(=O)CCn1ccc2ccccc21. The molecule has 3 nitrogen and oxygen atoms in total. The molecular formula is C18H26N2O. The lowest BCUT2D eigenvalue weighted by Gasteiger charge is -2.15. The number of carbonyl (C=O) groups excluding carboxylic acids is 1. The average molecular weight is 286 g/mol. The number of nitrogens with one attached hydrogen (secondary N) is 1. The summed E-state index contributed by atoms with van der Waals surface area (Å²) in [5, 5.41) is 4.32. The first kappa shape index (κ1) is 15.6. The van der Waals surface area contributed by atoms with E-state index in [0.29, 0.717) is 12.3 Å². The second-order valence-electron chi connectivity index (χ2n) is 6.26. The fourth-order valence-corrected chi connectivity index (χ4v) is 2.56. The Morgan fingerprint density at radius 3 is 2.67 bits per heavy atom. The van der Waals surface area contributed by atoms with E-state index in [1.54, 1.807) is 0 Å². The summed E-state index contributed by atoms with van der Waals surface area (Å²) < 4.78 is 2.15. The second kappa shape index (κ2) is 7.30. The van der Waals surface area contributed by atoms with Gasteiger partial charge in [0, 0.05) is 30.7 Å². The number of fused-ring (bicyclic) bond motifs is 1. The molecule has 0 fully saturated rings. The van der Waals surface area contributed by atoms with Gasteiger partial charge in [-0.15, -0.1) is 0 Å². The highest BCUT2D eigenvalue weighted by Gasteiger charge is 2.09. The third-order valence-electron chi connectivity index (χ3n) is 3.84. The zero-order chi connectivity index (χ0) is 15.2. The summed E-state index contributed by atoms with van der Waals surface area (Å²) in [6.07, 6.45) is 4.80. The minimum Gasteiger partial charge on any atom is -0.354 e. The number of nitrogens with zero attached hydrogens (tertiary/aromatic N) is 1. The molecule has 3 heteroatoms.